The molecule has 2 heterocycles. The van der Waals surface area contributed by atoms with Crippen LogP contribution in [0.4, 0.5) is 4.79 Å². The maximum Gasteiger partial charge on any atom is 0.411 e. The van der Waals surface area contributed by atoms with Crippen molar-refractivity contribution in [1.29, 1.82) is 5.26 Å². The first-order valence-electron chi connectivity index (χ1n) is 11.8. The molecule has 2 aromatic carbocycles. The van der Waals surface area contributed by atoms with Crippen molar-refractivity contribution in [3.8, 4) is 6.07 Å². The number of carbonyl (C=O) groups is 3. The van der Waals surface area contributed by atoms with Crippen LogP contribution in [0, 0.1) is 11.3 Å². The Balaban J connectivity index is 1.76. The summed E-state index contributed by atoms with van der Waals surface area (Å²) in [6.45, 7) is 2.72. The van der Waals surface area contributed by atoms with Gasteiger partial charge in [0, 0.05) is 36.4 Å². The summed E-state index contributed by atoms with van der Waals surface area (Å²) in [7, 11) is -1.56. The van der Waals surface area contributed by atoms with Gasteiger partial charge >= 0.3 is 12.1 Å². The average molecular weight is 555 g/mol. The van der Waals surface area contributed by atoms with Crippen LogP contribution in [0.3, 0.4) is 0 Å². The summed E-state index contributed by atoms with van der Waals surface area (Å²) >= 11 is 0.867. The molecule has 0 N–H and O–H groups in total. The fourth-order valence-corrected chi connectivity index (χ4v) is 6.07. The van der Waals surface area contributed by atoms with E-state index >= 15 is 0 Å². The molecule has 2 saturated heterocycles. The number of thioether (sulfide) groups is 1. The number of hydrogen-bond acceptors (Lipinski definition) is 9. The number of fused-ring (bicyclic) bond motifs is 1. The van der Waals surface area contributed by atoms with Crippen molar-refractivity contribution in [3.63, 3.8) is 0 Å². The quantitative estimate of drug-likeness (QED) is 0.451. The molecule has 9 nitrogen and oxygen atoms in total. The number of esters is 1. The van der Waals surface area contributed by atoms with Crippen molar-refractivity contribution in [3.05, 3.63) is 77.7 Å². The lowest BCUT2D eigenvalue weighted by atomic mass is 9.84. The second-order valence-corrected chi connectivity index (χ2v) is 11.3. The second-order valence-electron chi connectivity index (χ2n) is 8.79. The smallest absolute Gasteiger partial charge is 0.411 e. The number of benzene rings is 2. The summed E-state index contributed by atoms with van der Waals surface area (Å²) in [5.41, 5.74) is -0.932. The minimum absolute atomic E-state index is 0.120. The average Bonchev–Trinajstić information content (AvgIpc) is 3.24. The zero-order valence-electron chi connectivity index (χ0n) is 20.7. The highest BCUT2D eigenvalue weighted by Crippen LogP contribution is 2.43. The number of hydrogen-bond donors (Lipinski definition) is 0. The van der Waals surface area contributed by atoms with Gasteiger partial charge in [0.05, 0.1) is 10.8 Å². The highest BCUT2D eigenvalue weighted by atomic mass is 32.2. The van der Waals surface area contributed by atoms with Gasteiger partial charge in [-0.1, -0.05) is 60.3 Å². The van der Waals surface area contributed by atoms with E-state index in [9.17, 15) is 23.9 Å². The number of carbonyl (C=O) groups excluding carboxylic acids is 3. The van der Waals surface area contributed by atoms with Crippen molar-refractivity contribution in [1.82, 2.24) is 4.90 Å². The van der Waals surface area contributed by atoms with Crippen molar-refractivity contribution >= 4 is 39.7 Å². The third-order valence-corrected chi connectivity index (χ3v) is 8.26. The Bertz CT molecular complexity index is 1280. The number of rotatable bonds is 8. The number of ether oxygens (including phenoxy) is 3. The summed E-state index contributed by atoms with van der Waals surface area (Å²) in [4.78, 5) is 39.1. The van der Waals surface area contributed by atoms with Crippen LogP contribution in [0.25, 0.3) is 0 Å². The standard InChI is InChI=1S/C27H26N2O7S2/c1-18(30)34-24-22(13-14-38(33)21-11-7-4-8-12-21)36-27(16-28,17-37-19(2)31)25-23(24)29(26(32)35-25)15-20-9-5-3-6-10-20/h3-14,22-25H,15,17H2,1-2H3/b14-13+/t22?,23-,24?,25-,27+,38?/m1/s1. The van der Waals surface area contributed by atoms with Crippen LogP contribution < -0.4 is 0 Å². The summed E-state index contributed by atoms with van der Waals surface area (Å²) in [6.07, 6.45) is -2.51. The van der Waals surface area contributed by atoms with Crippen LogP contribution in [0.15, 0.2) is 77.0 Å². The van der Waals surface area contributed by atoms with E-state index in [1.54, 1.807) is 30.3 Å². The van der Waals surface area contributed by atoms with Crippen molar-refractivity contribution in [2.75, 3.05) is 5.75 Å². The van der Waals surface area contributed by atoms with Gasteiger partial charge < -0.3 is 14.2 Å². The third kappa shape index (κ3) is 5.99. The van der Waals surface area contributed by atoms with Crippen LogP contribution in [0.2, 0.25) is 0 Å². The van der Waals surface area contributed by atoms with Crippen LogP contribution >= 0.6 is 11.8 Å². The molecule has 4 rings (SSSR count). The molecule has 0 spiro atoms. The SMILES string of the molecule is CC(=O)OC1C(/C=C/S(=O)c2ccccc2)O[C@@](C#N)(CSC(C)=O)[C@@H]2OC(=O)N(Cc3ccccc3)[C@H]12. The van der Waals surface area contributed by atoms with Crippen LogP contribution in [0.5, 0.6) is 0 Å². The zero-order valence-corrected chi connectivity index (χ0v) is 22.4. The first kappa shape index (κ1) is 27.6. The van der Waals surface area contributed by atoms with E-state index in [0.717, 1.165) is 17.3 Å². The van der Waals surface area contributed by atoms with E-state index in [-0.39, 0.29) is 17.4 Å². The first-order valence-corrected chi connectivity index (χ1v) is 14.0. The molecule has 0 bridgehead atoms. The molecule has 38 heavy (non-hydrogen) atoms. The minimum Gasteiger partial charge on any atom is -0.457 e. The van der Waals surface area contributed by atoms with Gasteiger partial charge in [-0.25, -0.2) is 9.00 Å². The second kappa shape index (κ2) is 11.9. The molecule has 6 atom stereocenters. The molecule has 2 aromatic rings. The monoisotopic (exact) mass is 554 g/mol. The minimum atomic E-state index is -1.73. The van der Waals surface area contributed by atoms with E-state index in [4.69, 9.17) is 14.2 Å². The van der Waals surface area contributed by atoms with E-state index in [1.165, 1.54) is 30.2 Å². The first-order chi connectivity index (χ1) is 18.2. The van der Waals surface area contributed by atoms with Gasteiger partial charge in [-0.15, -0.1) is 0 Å². The number of nitriles is 1. The van der Waals surface area contributed by atoms with E-state index in [0.29, 0.717) is 4.90 Å². The fraction of sp³-hybridized carbons (Fsp3) is 0.333. The van der Waals surface area contributed by atoms with Gasteiger partial charge in [0.2, 0.25) is 5.60 Å². The summed E-state index contributed by atoms with van der Waals surface area (Å²) in [6, 6.07) is 19.1. The van der Waals surface area contributed by atoms with Gasteiger partial charge in [0.15, 0.2) is 17.3 Å². The Hall–Kier alpha value is -3.46. The number of amides is 1. The molecule has 0 aliphatic carbocycles. The summed E-state index contributed by atoms with van der Waals surface area (Å²) in [5, 5.41) is 11.5. The van der Waals surface area contributed by atoms with Crippen LogP contribution in [-0.4, -0.2) is 62.0 Å². The topological polar surface area (TPSA) is 123 Å². The van der Waals surface area contributed by atoms with Crippen LogP contribution in [0.1, 0.15) is 19.4 Å². The lowest BCUT2D eigenvalue weighted by molar-refractivity contribution is -0.200. The highest BCUT2D eigenvalue weighted by molar-refractivity contribution is 8.13. The molecule has 0 radical (unpaired) electrons. The predicted octanol–water partition coefficient (Wildman–Crippen LogP) is 3.57. The van der Waals surface area contributed by atoms with E-state index in [2.05, 4.69) is 6.07 Å². The van der Waals surface area contributed by atoms with E-state index < -0.39 is 52.8 Å². The molecule has 0 saturated carbocycles. The Labute approximate surface area is 227 Å². The highest BCUT2D eigenvalue weighted by Gasteiger charge is 2.64. The molecule has 3 unspecified atom stereocenters. The Morgan fingerprint density at radius 3 is 2.42 bits per heavy atom. The Morgan fingerprint density at radius 2 is 1.82 bits per heavy atom. The number of nitrogens with zero attached hydrogens (tertiary/aromatic N) is 2. The largest absolute Gasteiger partial charge is 0.457 e. The van der Waals surface area contributed by atoms with Crippen molar-refractivity contribution in [2.24, 2.45) is 0 Å². The molecule has 2 fully saturated rings. The molecule has 1 amide bonds. The molecular weight excluding hydrogens is 528 g/mol. The lowest BCUT2D eigenvalue weighted by Gasteiger charge is -2.46. The predicted molar refractivity (Wildman–Crippen MR) is 140 cm³/mol. The Kier molecular flexibility index (Phi) is 8.66. The molecule has 2 aliphatic rings. The van der Waals surface area contributed by atoms with Gasteiger partial charge in [-0.2, -0.15) is 5.26 Å². The fourth-order valence-electron chi connectivity index (χ4n) is 4.48. The van der Waals surface area contributed by atoms with Crippen LogP contribution in [-0.2, 0) is 41.1 Å². The van der Waals surface area contributed by atoms with Gasteiger partial charge in [0.1, 0.15) is 18.2 Å². The maximum absolute atomic E-state index is 13.1. The normalized spacial score (nSPS) is 27.3. The molecule has 0 aromatic heterocycles. The van der Waals surface area contributed by atoms with Gasteiger partial charge in [-0.05, 0) is 23.8 Å². The Morgan fingerprint density at radius 1 is 1.16 bits per heavy atom. The summed E-state index contributed by atoms with van der Waals surface area (Å²) < 4.78 is 30.5. The molecule has 11 heteroatoms. The van der Waals surface area contributed by atoms with E-state index in [1.807, 2.05) is 30.3 Å². The zero-order chi connectivity index (χ0) is 27.3. The molecule has 2 aliphatic heterocycles. The van der Waals surface area contributed by atoms with Crippen molar-refractivity contribution < 1.29 is 32.8 Å². The third-order valence-electron chi connectivity index (χ3n) is 6.14. The van der Waals surface area contributed by atoms with Gasteiger partial charge in [-0.3, -0.25) is 14.5 Å². The molecule has 198 valence electrons. The summed E-state index contributed by atoms with van der Waals surface area (Å²) in [5.74, 6) is -0.743. The van der Waals surface area contributed by atoms with Gasteiger partial charge in [0.25, 0.3) is 0 Å². The molecular formula is C27H26N2O7S2. The lowest BCUT2D eigenvalue weighted by Crippen LogP contribution is -2.66. The maximum atomic E-state index is 13.1. The van der Waals surface area contributed by atoms with Crippen molar-refractivity contribution in [2.45, 2.75) is 55.2 Å².